The van der Waals surface area contributed by atoms with Crippen LogP contribution in [0.15, 0.2) is 30.1 Å². The third-order valence-electron chi connectivity index (χ3n) is 3.16. The largest absolute Gasteiger partial charge is 0.366 e. The van der Waals surface area contributed by atoms with Crippen LogP contribution in [0.1, 0.15) is 12.0 Å². The maximum atomic E-state index is 13.1. The van der Waals surface area contributed by atoms with Crippen molar-refractivity contribution >= 4 is 11.7 Å². The van der Waals surface area contributed by atoms with Crippen LogP contribution >= 0.6 is 0 Å². The van der Waals surface area contributed by atoms with E-state index >= 15 is 0 Å². The first kappa shape index (κ1) is 14.4. The molecule has 1 unspecified atom stereocenters. The number of rotatable bonds is 5. The third-order valence-corrected chi connectivity index (χ3v) is 3.16. The lowest BCUT2D eigenvalue weighted by atomic mass is 10.0. The summed E-state index contributed by atoms with van der Waals surface area (Å²) in [5.74, 6) is -0.367. The van der Waals surface area contributed by atoms with Gasteiger partial charge in [-0.1, -0.05) is 6.07 Å². The van der Waals surface area contributed by atoms with Gasteiger partial charge in [0, 0.05) is 30.8 Å². The molecule has 0 aliphatic carbocycles. The number of carbonyl (C=O) groups is 1. The zero-order valence-corrected chi connectivity index (χ0v) is 10.6. The summed E-state index contributed by atoms with van der Waals surface area (Å²) in [7, 11) is 0. The molecule has 108 valence electrons. The minimum atomic E-state index is -2.76. The van der Waals surface area contributed by atoms with Gasteiger partial charge in [0.15, 0.2) is 0 Å². The van der Waals surface area contributed by atoms with E-state index < -0.39 is 25.0 Å². The molecular weight excluding hydrogens is 271 g/mol. The highest BCUT2D eigenvalue weighted by Gasteiger charge is 2.32. The van der Waals surface area contributed by atoms with Crippen LogP contribution in [0.2, 0.25) is 0 Å². The maximum Gasteiger partial charge on any atom is 0.259 e. The Morgan fingerprint density at radius 2 is 2.25 bits per heavy atom. The van der Waals surface area contributed by atoms with Crippen molar-refractivity contribution in [3.8, 4) is 0 Å². The second kappa shape index (κ2) is 5.94. The van der Waals surface area contributed by atoms with Gasteiger partial charge in [0.25, 0.3) is 6.43 Å². The number of alkyl halides is 3. The monoisotopic (exact) mass is 285 g/mol. The van der Waals surface area contributed by atoms with E-state index in [1.165, 1.54) is 12.4 Å². The van der Waals surface area contributed by atoms with Crippen molar-refractivity contribution in [2.24, 2.45) is 5.73 Å². The zero-order valence-electron chi connectivity index (χ0n) is 10.6. The van der Waals surface area contributed by atoms with E-state index in [4.69, 9.17) is 5.73 Å². The number of halogens is 3. The second-order valence-electron chi connectivity index (χ2n) is 4.47. The lowest BCUT2D eigenvalue weighted by Gasteiger charge is -2.33. The molecule has 0 bridgehead atoms. The van der Waals surface area contributed by atoms with Gasteiger partial charge in [0.2, 0.25) is 5.91 Å². The van der Waals surface area contributed by atoms with Gasteiger partial charge in [0.1, 0.15) is 5.82 Å². The summed E-state index contributed by atoms with van der Waals surface area (Å²) in [6.07, 6.45) is -0.155. The van der Waals surface area contributed by atoms with Crippen LogP contribution in [0, 0.1) is 0 Å². The van der Waals surface area contributed by atoms with Crippen molar-refractivity contribution < 1.29 is 18.0 Å². The molecule has 1 atom stereocenters. The number of hydrogen-bond donors (Lipinski definition) is 1. The summed E-state index contributed by atoms with van der Waals surface area (Å²) in [4.78, 5) is 16.5. The fourth-order valence-electron chi connectivity index (χ4n) is 2.18. The number of amides is 1. The topological polar surface area (TPSA) is 59.2 Å². The van der Waals surface area contributed by atoms with E-state index in [-0.39, 0.29) is 18.4 Å². The van der Waals surface area contributed by atoms with Crippen molar-refractivity contribution in [3.05, 3.63) is 35.7 Å². The average Bonchev–Trinajstić information content (AvgIpc) is 2.43. The first-order valence-corrected chi connectivity index (χ1v) is 6.11. The summed E-state index contributed by atoms with van der Waals surface area (Å²) in [6, 6.07) is 1.96. The van der Waals surface area contributed by atoms with Crippen LogP contribution in [0.4, 0.5) is 19.0 Å². The van der Waals surface area contributed by atoms with Crippen LogP contribution in [-0.4, -0.2) is 30.0 Å². The summed E-state index contributed by atoms with van der Waals surface area (Å²) in [5, 5.41) is 0. The second-order valence-corrected chi connectivity index (χ2v) is 4.47. The van der Waals surface area contributed by atoms with E-state index in [9.17, 15) is 18.0 Å². The number of nitrogens with zero attached hydrogens (tertiary/aromatic N) is 2. The van der Waals surface area contributed by atoms with Gasteiger partial charge in [-0.3, -0.25) is 9.18 Å². The normalized spacial score (nSPS) is 15.8. The van der Waals surface area contributed by atoms with Crippen LogP contribution in [0.3, 0.4) is 0 Å². The van der Waals surface area contributed by atoms with E-state index in [1.54, 1.807) is 12.1 Å². The van der Waals surface area contributed by atoms with Gasteiger partial charge in [0.05, 0.1) is 12.7 Å². The van der Waals surface area contributed by atoms with E-state index in [0.717, 1.165) is 4.90 Å². The van der Waals surface area contributed by atoms with Crippen LogP contribution in [-0.2, 0) is 11.2 Å². The molecule has 0 spiro atoms. The highest BCUT2D eigenvalue weighted by Crippen LogP contribution is 2.31. The summed E-state index contributed by atoms with van der Waals surface area (Å²) in [5.41, 5.74) is 6.04. The van der Waals surface area contributed by atoms with Crippen molar-refractivity contribution in [1.29, 1.82) is 0 Å². The molecule has 1 aromatic heterocycles. The van der Waals surface area contributed by atoms with E-state index in [2.05, 4.69) is 4.98 Å². The lowest BCUT2D eigenvalue weighted by Crippen LogP contribution is -2.41. The standard InChI is InChI=1S/C13H14F3N3O/c14-4-3-10(11(15)16)19-7-9(12(17)20)6-8-2-1-5-18-13(8)19/h1-2,5,7,10-11H,3-4,6H2,(H2,17,20). The molecule has 2 heterocycles. The van der Waals surface area contributed by atoms with Gasteiger partial charge < -0.3 is 10.6 Å². The quantitative estimate of drug-likeness (QED) is 0.897. The molecule has 1 amide bonds. The Hall–Kier alpha value is -2.05. The Morgan fingerprint density at radius 3 is 2.85 bits per heavy atom. The number of hydrogen-bond acceptors (Lipinski definition) is 3. The molecule has 0 fully saturated rings. The van der Waals surface area contributed by atoms with Crippen molar-refractivity contribution in [1.82, 2.24) is 4.98 Å². The SMILES string of the molecule is NC(=O)C1=CN(C(CCF)C(F)F)c2ncccc2C1. The molecule has 7 heteroatoms. The summed E-state index contributed by atoms with van der Waals surface area (Å²) < 4.78 is 38.7. The molecule has 1 aliphatic rings. The Morgan fingerprint density at radius 1 is 1.50 bits per heavy atom. The number of pyridine rings is 1. The van der Waals surface area contributed by atoms with E-state index in [1.807, 2.05) is 0 Å². The summed E-state index contributed by atoms with van der Waals surface area (Å²) in [6.45, 7) is -0.882. The van der Waals surface area contributed by atoms with Crippen LogP contribution in [0.5, 0.6) is 0 Å². The van der Waals surface area contributed by atoms with Gasteiger partial charge in [-0.25, -0.2) is 13.8 Å². The molecule has 0 aromatic carbocycles. The van der Waals surface area contributed by atoms with Crippen molar-refractivity contribution in [2.45, 2.75) is 25.3 Å². The molecule has 0 saturated carbocycles. The Kier molecular flexibility index (Phi) is 4.26. The maximum absolute atomic E-state index is 13.1. The molecule has 4 nitrogen and oxygen atoms in total. The molecule has 1 aliphatic heterocycles. The van der Waals surface area contributed by atoms with Crippen molar-refractivity contribution in [2.75, 3.05) is 11.6 Å². The van der Waals surface area contributed by atoms with Gasteiger partial charge in [-0.2, -0.15) is 0 Å². The molecule has 0 saturated heterocycles. The van der Waals surface area contributed by atoms with Crippen LogP contribution < -0.4 is 10.6 Å². The van der Waals surface area contributed by atoms with Gasteiger partial charge >= 0.3 is 0 Å². The molecule has 1 aromatic rings. The number of carbonyl (C=O) groups excluding carboxylic acids is 1. The number of aromatic nitrogens is 1. The smallest absolute Gasteiger partial charge is 0.259 e. The van der Waals surface area contributed by atoms with Gasteiger partial charge in [-0.15, -0.1) is 0 Å². The zero-order chi connectivity index (χ0) is 14.7. The fourth-order valence-corrected chi connectivity index (χ4v) is 2.18. The predicted octanol–water partition coefficient (Wildman–Crippen LogP) is 1.81. The summed E-state index contributed by atoms with van der Waals surface area (Å²) >= 11 is 0. The fraction of sp³-hybridized carbons (Fsp3) is 0.385. The Labute approximate surface area is 114 Å². The van der Waals surface area contributed by atoms with Crippen molar-refractivity contribution in [3.63, 3.8) is 0 Å². The molecule has 2 rings (SSSR count). The number of nitrogens with two attached hydrogens (primary N) is 1. The average molecular weight is 285 g/mol. The molecule has 0 radical (unpaired) electrons. The van der Waals surface area contributed by atoms with Gasteiger partial charge in [-0.05, 0) is 11.6 Å². The minimum Gasteiger partial charge on any atom is -0.366 e. The number of fused-ring (bicyclic) bond motifs is 1. The highest BCUT2D eigenvalue weighted by molar-refractivity contribution is 5.93. The lowest BCUT2D eigenvalue weighted by molar-refractivity contribution is -0.114. The Balaban J connectivity index is 2.45. The van der Waals surface area contributed by atoms with E-state index in [0.29, 0.717) is 11.4 Å². The highest BCUT2D eigenvalue weighted by atomic mass is 19.3. The predicted molar refractivity (Wildman–Crippen MR) is 68.1 cm³/mol. The molecule has 2 N–H and O–H groups in total. The number of primary amides is 1. The third kappa shape index (κ3) is 2.76. The first-order valence-electron chi connectivity index (χ1n) is 6.11. The van der Waals surface area contributed by atoms with Crippen LogP contribution in [0.25, 0.3) is 0 Å². The molecule has 20 heavy (non-hydrogen) atoms. The minimum absolute atomic E-state index is 0.204. The molecular formula is C13H14F3N3O. The Bertz CT molecular complexity index is 533. The number of anilines is 1. The first-order chi connectivity index (χ1) is 9.54.